The van der Waals surface area contributed by atoms with Crippen molar-refractivity contribution in [2.24, 2.45) is 4.99 Å². The zero-order valence-electron chi connectivity index (χ0n) is 13.0. The molecule has 0 spiro atoms. The maximum Gasteiger partial charge on any atom is 0.455 e. The number of rotatable bonds is 3. The standard InChI is InChI=1S/C14H13ClF6N2O2/c1-7-5-8(12(16,17)13(18,24)14(19,20)21)6-9(15)10(7)23(2)11-22-3-4-25-11/h5-6,24H,3-4H2,1-2H3. The molecular formula is C14H13ClF6N2O2. The number of amidine groups is 1. The Bertz CT molecular complexity index is 682. The SMILES string of the molecule is Cc1cc(C(F)(F)C(O)(F)C(F)(F)F)cc(Cl)c1N(C)C1=NCCO1. The van der Waals surface area contributed by atoms with Gasteiger partial charge in [-0.15, -0.1) is 0 Å². The van der Waals surface area contributed by atoms with Crippen molar-refractivity contribution in [2.75, 3.05) is 25.1 Å². The number of halogens is 7. The fourth-order valence-corrected chi connectivity index (χ4v) is 2.73. The van der Waals surface area contributed by atoms with Gasteiger partial charge in [-0.25, -0.2) is 4.99 Å². The summed E-state index contributed by atoms with van der Waals surface area (Å²) in [5.41, 5.74) is -1.25. The van der Waals surface area contributed by atoms with Gasteiger partial charge in [0.1, 0.15) is 6.61 Å². The zero-order valence-corrected chi connectivity index (χ0v) is 13.7. The van der Waals surface area contributed by atoms with Crippen molar-refractivity contribution < 1.29 is 36.2 Å². The van der Waals surface area contributed by atoms with Crippen molar-refractivity contribution in [3.63, 3.8) is 0 Å². The summed E-state index contributed by atoms with van der Waals surface area (Å²) >= 11 is 5.91. The van der Waals surface area contributed by atoms with E-state index in [1.807, 2.05) is 0 Å². The fraction of sp³-hybridized carbons (Fsp3) is 0.500. The first-order chi connectivity index (χ1) is 11.3. The minimum Gasteiger partial charge on any atom is -0.463 e. The summed E-state index contributed by atoms with van der Waals surface area (Å²) in [4.78, 5) is 5.33. The number of hydrogen-bond acceptors (Lipinski definition) is 4. The van der Waals surface area contributed by atoms with Gasteiger partial charge in [0, 0.05) is 12.6 Å². The lowest BCUT2D eigenvalue weighted by Gasteiger charge is -2.31. The molecule has 25 heavy (non-hydrogen) atoms. The van der Waals surface area contributed by atoms with E-state index in [0.29, 0.717) is 25.3 Å². The Hall–Kier alpha value is -1.68. The lowest BCUT2D eigenvalue weighted by atomic mass is 9.98. The van der Waals surface area contributed by atoms with Gasteiger partial charge in [-0.3, -0.25) is 4.90 Å². The van der Waals surface area contributed by atoms with Crippen LogP contribution in [0.5, 0.6) is 0 Å². The molecule has 1 aromatic rings. The summed E-state index contributed by atoms with van der Waals surface area (Å²) in [5, 5.41) is 8.35. The van der Waals surface area contributed by atoms with E-state index in [-0.39, 0.29) is 22.3 Å². The van der Waals surface area contributed by atoms with Gasteiger partial charge >= 0.3 is 18.0 Å². The molecular weight excluding hydrogens is 378 g/mol. The van der Waals surface area contributed by atoms with Gasteiger partial charge < -0.3 is 9.84 Å². The second kappa shape index (κ2) is 6.24. The highest BCUT2D eigenvalue weighted by molar-refractivity contribution is 6.34. The van der Waals surface area contributed by atoms with Crippen LogP contribution < -0.4 is 4.90 Å². The molecule has 0 saturated carbocycles. The Kier molecular flexibility index (Phi) is 4.90. The van der Waals surface area contributed by atoms with Crippen LogP contribution in [-0.2, 0) is 10.7 Å². The van der Waals surface area contributed by atoms with Gasteiger partial charge in [0.15, 0.2) is 0 Å². The molecule has 140 valence electrons. The molecule has 0 fully saturated rings. The van der Waals surface area contributed by atoms with Crippen molar-refractivity contribution in [2.45, 2.75) is 24.9 Å². The molecule has 11 heteroatoms. The van der Waals surface area contributed by atoms with E-state index in [9.17, 15) is 26.3 Å². The first kappa shape index (κ1) is 19.6. The minimum atomic E-state index is -6.20. The van der Waals surface area contributed by atoms with Gasteiger partial charge in [-0.1, -0.05) is 11.6 Å². The number of aliphatic imine (C=N–C) groups is 1. The van der Waals surface area contributed by atoms with Crippen LogP contribution in [0.1, 0.15) is 11.1 Å². The molecule has 0 amide bonds. The maximum absolute atomic E-state index is 14.0. The second-order valence-corrected chi connectivity index (χ2v) is 5.80. The molecule has 0 radical (unpaired) electrons. The molecule has 0 saturated heterocycles. The quantitative estimate of drug-likeness (QED) is 0.799. The Balaban J connectivity index is 2.49. The predicted molar refractivity (Wildman–Crippen MR) is 78.9 cm³/mol. The maximum atomic E-state index is 14.0. The van der Waals surface area contributed by atoms with Crippen molar-refractivity contribution in [3.8, 4) is 0 Å². The molecule has 1 heterocycles. The summed E-state index contributed by atoms with van der Waals surface area (Å²) in [5.74, 6) is -11.0. The summed E-state index contributed by atoms with van der Waals surface area (Å²) in [6.45, 7) is 1.98. The molecule has 1 N–H and O–H groups in total. The van der Waals surface area contributed by atoms with E-state index < -0.39 is 23.5 Å². The van der Waals surface area contributed by atoms with Crippen LogP contribution in [0.25, 0.3) is 0 Å². The van der Waals surface area contributed by atoms with Gasteiger partial charge in [0.2, 0.25) is 0 Å². The molecule has 2 rings (SSSR count). The van der Waals surface area contributed by atoms with E-state index in [2.05, 4.69) is 4.99 Å². The number of nitrogens with zero attached hydrogens (tertiary/aromatic N) is 2. The lowest BCUT2D eigenvalue weighted by molar-refractivity contribution is -0.390. The molecule has 1 aliphatic rings. The van der Waals surface area contributed by atoms with Crippen molar-refractivity contribution in [1.29, 1.82) is 0 Å². The van der Waals surface area contributed by atoms with Crippen LogP contribution in [-0.4, -0.2) is 43.4 Å². The molecule has 1 aromatic carbocycles. The largest absolute Gasteiger partial charge is 0.463 e. The Morgan fingerprint density at radius 3 is 2.24 bits per heavy atom. The third kappa shape index (κ3) is 3.24. The molecule has 4 nitrogen and oxygen atoms in total. The smallest absolute Gasteiger partial charge is 0.455 e. The first-order valence-electron chi connectivity index (χ1n) is 6.88. The molecule has 1 unspecified atom stereocenters. The van der Waals surface area contributed by atoms with Crippen molar-refractivity contribution in [1.82, 2.24) is 0 Å². The van der Waals surface area contributed by atoms with Crippen LogP contribution in [0.15, 0.2) is 17.1 Å². The minimum absolute atomic E-state index is 0.0147. The van der Waals surface area contributed by atoms with E-state index >= 15 is 0 Å². The second-order valence-electron chi connectivity index (χ2n) is 5.39. The Morgan fingerprint density at radius 1 is 1.20 bits per heavy atom. The summed E-state index contributed by atoms with van der Waals surface area (Å²) in [7, 11) is 1.47. The predicted octanol–water partition coefficient (Wildman–Crippen LogP) is 3.78. The molecule has 1 atom stereocenters. The summed E-state index contributed by atoms with van der Waals surface area (Å²) in [6.07, 6.45) is -6.20. The van der Waals surface area contributed by atoms with Crippen LogP contribution in [0, 0.1) is 6.92 Å². The van der Waals surface area contributed by atoms with Gasteiger partial charge in [-0.2, -0.15) is 26.3 Å². The molecule has 0 bridgehead atoms. The Morgan fingerprint density at radius 2 is 1.80 bits per heavy atom. The molecule has 0 aliphatic carbocycles. The van der Waals surface area contributed by atoms with E-state index in [1.54, 1.807) is 0 Å². The summed E-state index contributed by atoms with van der Waals surface area (Å²) in [6, 6.07) is 1.23. The van der Waals surface area contributed by atoms with Gasteiger partial charge in [0.25, 0.3) is 6.02 Å². The number of aryl methyl sites for hydroxylation is 1. The monoisotopic (exact) mass is 390 g/mol. The van der Waals surface area contributed by atoms with Crippen molar-refractivity contribution in [3.05, 3.63) is 28.3 Å². The van der Waals surface area contributed by atoms with Crippen LogP contribution in [0.2, 0.25) is 5.02 Å². The summed E-state index contributed by atoms with van der Waals surface area (Å²) < 4.78 is 83.9. The van der Waals surface area contributed by atoms with Crippen LogP contribution in [0.4, 0.5) is 32.0 Å². The highest BCUT2D eigenvalue weighted by atomic mass is 35.5. The first-order valence-corrected chi connectivity index (χ1v) is 7.26. The van der Waals surface area contributed by atoms with Gasteiger partial charge in [0.05, 0.1) is 17.3 Å². The molecule has 1 aliphatic heterocycles. The lowest BCUT2D eigenvalue weighted by Crippen LogP contribution is -2.53. The third-order valence-electron chi connectivity index (χ3n) is 3.60. The highest BCUT2D eigenvalue weighted by Gasteiger charge is 2.71. The Labute approximate surface area is 143 Å². The van der Waals surface area contributed by atoms with E-state index in [4.69, 9.17) is 21.4 Å². The number of benzene rings is 1. The van der Waals surface area contributed by atoms with E-state index in [1.165, 1.54) is 18.9 Å². The average Bonchev–Trinajstić information content (AvgIpc) is 2.98. The highest BCUT2D eigenvalue weighted by Crippen LogP contribution is 2.50. The zero-order chi connectivity index (χ0) is 19.2. The van der Waals surface area contributed by atoms with E-state index in [0.717, 1.165) is 0 Å². The number of anilines is 1. The normalized spacial score (nSPS) is 17.8. The number of alkyl halides is 6. The van der Waals surface area contributed by atoms with Gasteiger partial charge in [-0.05, 0) is 24.6 Å². The van der Waals surface area contributed by atoms with Crippen LogP contribution in [0.3, 0.4) is 0 Å². The number of aliphatic hydroxyl groups is 1. The van der Waals surface area contributed by atoms with Crippen LogP contribution >= 0.6 is 11.6 Å². The van der Waals surface area contributed by atoms with Crippen molar-refractivity contribution >= 4 is 23.3 Å². The third-order valence-corrected chi connectivity index (χ3v) is 3.89. The molecule has 0 aromatic heterocycles. The topological polar surface area (TPSA) is 45.1 Å². The number of ether oxygens (including phenoxy) is 1. The average molecular weight is 391 g/mol. The number of hydrogen-bond donors (Lipinski definition) is 1. The fourth-order valence-electron chi connectivity index (χ4n) is 2.33.